The van der Waals surface area contributed by atoms with E-state index in [-0.39, 0.29) is 11.2 Å². The van der Waals surface area contributed by atoms with Gasteiger partial charge in [-0.25, -0.2) is 4.39 Å². The summed E-state index contributed by atoms with van der Waals surface area (Å²) in [5, 5.41) is 3.51. The van der Waals surface area contributed by atoms with Gasteiger partial charge in [0.1, 0.15) is 5.82 Å². The fraction of sp³-hybridized carbons (Fsp3) is 0.684. The van der Waals surface area contributed by atoms with E-state index in [0.29, 0.717) is 5.41 Å². The van der Waals surface area contributed by atoms with Gasteiger partial charge in [-0.3, -0.25) is 0 Å². The van der Waals surface area contributed by atoms with Crippen LogP contribution in [0.4, 0.5) is 4.39 Å². The second-order valence-corrected chi connectivity index (χ2v) is 6.92. The Labute approximate surface area is 129 Å². The standard InChI is InChI=1S/C19H30FN/c1-4-10-18(11-5-2)13-19(14-18,15-21-6-3)16-8-7-9-17(20)12-16/h7-9,12,21H,4-6,10-11,13-15H2,1-3H3. The highest BCUT2D eigenvalue weighted by molar-refractivity contribution is 5.32. The van der Waals surface area contributed by atoms with Crippen molar-refractivity contribution < 1.29 is 4.39 Å². The van der Waals surface area contributed by atoms with E-state index in [4.69, 9.17) is 0 Å². The number of rotatable bonds is 8. The number of hydrogen-bond acceptors (Lipinski definition) is 1. The third-order valence-electron chi connectivity index (χ3n) is 5.14. The lowest BCUT2D eigenvalue weighted by Crippen LogP contribution is -2.54. The molecule has 0 saturated heterocycles. The van der Waals surface area contributed by atoms with Gasteiger partial charge in [0, 0.05) is 12.0 Å². The van der Waals surface area contributed by atoms with Crippen molar-refractivity contribution in [3.8, 4) is 0 Å². The van der Waals surface area contributed by atoms with Crippen LogP contribution >= 0.6 is 0 Å². The highest BCUT2D eigenvalue weighted by Crippen LogP contribution is 2.60. The maximum atomic E-state index is 13.6. The summed E-state index contributed by atoms with van der Waals surface area (Å²) in [5.41, 5.74) is 1.82. The molecule has 0 unspecified atom stereocenters. The summed E-state index contributed by atoms with van der Waals surface area (Å²) >= 11 is 0. The molecule has 1 aromatic rings. The van der Waals surface area contributed by atoms with Crippen molar-refractivity contribution >= 4 is 0 Å². The third kappa shape index (κ3) is 3.48. The molecule has 2 heteroatoms. The predicted molar refractivity (Wildman–Crippen MR) is 88.1 cm³/mol. The first-order valence-electron chi connectivity index (χ1n) is 8.56. The van der Waals surface area contributed by atoms with Gasteiger partial charge in [-0.15, -0.1) is 0 Å². The Morgan fingerprint density at radius 3 is 2.29 bits per heavy atom. The number of hydrogen-bond donors (Lipinski definition) is 1. The molecule has 0 atom stereocenters. The van der Waals surface area contributed by atoms with Crippen molar-refractivity contribution in [3.63, 3.8) is 0 Å². The molecule has 118 valence electrons. The highest BCUT2D eigenvalue weighted by atomic mass is 19.1. The maximum Gasteiger partial charge on any atom is 0.123 e. The largest absolute Gasteiger partial charge is 0.316 e. The lowest BCUT2D eigenvalue weighted by atomic mass is 9.48. The molecule has 1 aliphatic carbocycles. The van der Waals surface area contributed by atoms with Crippen LogP contribution in [0, 0.1) is 11.2 Å². The average molecular weight is 291 g/mol. The SMILES string of the molecule is CCCC1(CCC)CC(CNCC)(c2cccc(F)c2)C1. The summed E-state index contributed by atoms with van der Waals surface area (Å²) in [4.78, 5) is 0. The Morgan fingerprint density at radius 1 is 1.10 bits per heavy atom. The normalized spacial score (nSPS) is 19.2. The fourth-order valence-electron chi connectivity index (χ4n) is 4.54. The molecule has 0 heterocycles. The lowest BCUT2D eigenvalue weighted by Gasteiger charge is -2.57. The molecule has 0 amide bonds. The summed E-state index contributed by atoms with van der Waals surface area (Å²) in [7, 11) is 0. The van der Waals surface area contributed by atoms with Gasteiger partial charge in [0.25, 0.3) is 0 Å². The van der Waals surface area contributed by atoms with Gasteiger partial charge in [0.05, 0.1) is 0 Å². The Balaban J connectivity index is 2.21. The first-order chi connectivity index (χ1) is 10.1. The molecular formula is C19H30FN. The molecule has 1 aliphatic rings. The number of benzene rings is 1. The van der Waals surface area contributed by atoms with E-state index >= 15 is 0 Å². The number of nitrogens with one attached hydrogen (secondary N) is 1. The lowest BCUT2D eigenvalue weighted by molar-refractivity contribution is 0.00298. The van der Waals surface area contributed by atoms with Crippen molar-refractivity contribution in [2.24, 2.45) is 5.41 Å². The van der Waals surface area contributed by atoms with E-state index in [1.807, 2.05) is 6.07 Å². The first-order valence-corrected chi connectivity index (χ1v) is 8.56. The molecule has 2 rings (SSSR count). The van der Waals surface area contributed by atoms with Crippen LogP contribution in [-0.4, -0.2) is 13.1 Å². The van der Waals surface area contributed by atoms with Crippen molar-refractivity contribution in [2.45, 2.75) is 64.7 Å². The zero-order valence-corrected chi connectivity index (χ0v) is 13.8. The minimum atomic E-state index is -0.105. The minimum absolute atomic E-state index is 0.105. The van der Waals surface area contributed by atoms with Crippen LogP contribution in [0.5, 0.6) is 0 Å². The summed E-state index contributed by atoms with van der Waals surface area (Å²) in [6.07, 6.45) is 7.53. The van der Waals surface area contributed by atoms with Gasteiger partial charge in [-0.2, -0.15) is 0 Å². The van der Waals surface area contributed by atoms with Gasteiger partial charge < -0.3 is 5.32 Å². The number of likely N-dealkylation sites (N-methyl/N-ethyl adjacent to an activating group) is 1. The van der Waals surface area contributed by atoms with Crippen LogP contribution < -0.4 is 5.32 Å². The fourth-order valence-corrected chi connectivity index (χ4v) is 4.54. The molecule has 1 fully saturated rings. The Kier molecular flexibility index (Phi) is 5.43. The average Bonchev–Trinajstić information content (AvgIpc) is 2.43. The third-order valence-corrected chi connectivity index (χ3v) is 5.14. The topological polar surface area (TPSA) is 12.0 Å². The van der Waals surface area contributed by atoms with Gasteiger partial charge in [-0.05, 0) is 55.3 Å². The van der Waals surface area contributed by atoms with Gasteiger partial charge >= 0.3 is 0 Å². The van der Waals surface area contributed by atoms with Crippen molar-refractivity contribution in [2.75, 3.05) is 13.1 Å². The van der Waals surface area contributed by atoms with Gasteiger partial charge in [0.2, 0.25) is 0 Å². The second kappa shape index (κ2) is 6.91. The van der Waals surface area contributed by atoms with E-state index in [0.717, 1.165) is 13.1 Å². The van der Waals surface area contributed by atoms with Crippen LogP contribution in [0.2, 0.25) is 0 Å². The maximum absolute atomic E-state index is 13.6. The van der Waals surface area contributed by atoms with Crippen LogP contribution in [0.3, 0.4) is 0 Å². The predicted octanol–water partition coefficient (Wildman–Crippen LogP) is 5.05. The van der Waals surface area contributed by atoms with Crippen LogP contribution in [0.1, 0.15) is 64.9 Å². The van der Waals surface area contributed by atoms with Gasteiger partial charge in [0.15, 0.2) is 0 Å². The second-order valence-electron chi connectivity index (χ2n) is 6.92. The number of halogens is 1. The summed E-state index contributed by atoms with van der Waals surface area (Å²) in [6, 6.07) is 7.27. The zero-order chi connectivity index (χ0) is 15.3. The zero-order valence-electron chi connectivity index (χ0n) is 13.8. The highest BCUT2D eigenvalue weighted by Gasteiger charge is 2.53. The summed E-state index contributed by atoms with van der Waals surface area (Å²) < 4.78 is 13.6. The Morgan fingerprint density at radius 2 is 1.76 bits per heavy atom. The van der Waals surface area contributed by atoms with E-state index < -0.39 is 0 Å². The Bertz CT molecular complexity index is 441. The smallest absolute Gasteiger partial charge is 0.123 e. The molecular weight excluding hydrogens is 261 g/mol. The van der Waals surface area contributed by atoms with E-state index in [1.165, 1.54) is 44.1 Å². The minimum Gasteiger partial charge on any atom is -0.316 e. The molecule has 1 saturated carbocycles. The van der Waals surface area contributed by atoms with Crippen molar-refractivity contribution in [3.05, 3.63) is 35.6 Å². The quantitative estimate of drug-likeness (QED) is 0.706. The van der Waals surface area contributed by atoms with E-state index in [1.54, 1.807) is 12.1 Å². The molecule has 1 nitrogen and oxygen atoms in total. The molecule has 0 aromatic heterocycles. The van der Waals surface area contributed by atoms with Crippen molar-refractivity contribution in [1.29, 1.82) is 0 Å². The summed E-state index contributed by atoms with van der Waals surface area (Å²) in [6.45, 7) is 8.66. The summed E-state index contributed by atoms with van der Waals surface area (Å²) in [5.74, 6) is -0.105. The molecule has 0 spiro atoms. The van der Waals surface area contributed by atoms with Crippen LogP contribution in [0.15, 0.2) is 24.3 Å². The van der Waals surface area contributed by atoms with Crippen molar-refractivity contribution in [1.82, 2.24) is 5.32 Å². The molecule has 21 heavy (non-hydrogen) atoms. The van der Waals surface area contributed by atoms with E-state index in [9.17, 15) is 4.39 Å². The van der Waals surface area contributed by atoms with Crippen LogP contribution in [0.25, 0.3) is 0 Å². The first kappa shape index (κ1) is 16.5. The molecule has 0 bridgehead atoms. The molecule has 0 radical (unpaired) electrons. The van der Waals surface area contributed by atoms with E-state index in [2.05, 4.69) is 32.2 Å². The molecule has 1 aromatic carbocycles. The van der Waals surface area contributed by atoms with Gasteiger partial charge in [-0.1, -0.05) is 45.7 Å². The Hall–Kier alpha value is -0.890. The monoisotopic (exact) mass is 291 g/mol. The molecule has 0 aliphatic heterocycles. The van der Waals surface area contributed by atoms with Crippen LogP contribution in [-0.2, 0) is 5.41 Å². The molecule has 1 N–H and O–H groups in total.